The van der Waals surface area contributed by atoms with Crippen LogP contribution in [0, 0.1) is 16.3 Å². The Hall–Kier alpha value is -2.85. The molecule has 1 amide bonds. The number of thioether (sulfide) groups is 1. The zero-order chi connectivity index (χ0) is 23.4. The number of amides is 1. The Bertz CT molecular complexity index is 1240. The number of methoxy groups -OCH3 is 1. The van der Waals surface area contributed by atoms with Crippen LogP contribution in [0.1, 0.15) is 16.7 Å². The van der Waals surface area contributed by atoms with Gasteiger partial charge in [-0.25, -0.2) is 9.38 Å². The van der Waals surface area contributed by atoms with E-state index in [-0.39, 0.29) is 18.3 Å². The van der Waals surface area contributed by atoms with Crippen molar-refractivity contribution >= 4 is 57.2 Å². The maximum atomic E-state index is 13.1. The summed E-state index contributed by atoms with van der Waals surface area (Å²) in [7, 11) is 1.57. The van der Waals surface area contributed by atoms with E-state index >= 15 is 0 Å². The first kappa shape index (κ1) is 23.3. The molecular formula is C25H20FIN2O3S. The van der Waals surface area contributed by atoms with Gasteiger partial charge in [0.1, 0.15) is 12.4 Å². The van der Waals surface area contributed by atoms with E-state index in [1.807, 2.05) is 43.3 Å². The van der Waals surface area contributed by atoms with Gasteiger partial charge in [0.25, 0.3) is 5.91 Å². The Kier molecular flexibility index (Phi) is 7.34. The number of halogens is 2. The average molecular weight is 574 g/mol. The second-order valence-corrected chi connectivity index (χ2v) is 9.46. The molecular weight excluding hydrogens is 554 g/mol. The number of nitrogens with one attached hydrogen (secondary N) is 1. The summed E-state index contributed by atoms with van der Waals surface area (Å²) in [5.41, 5.74) is 3.58. The SMILES string of the molecule is COc1cc(/C=C2/SC(=Nc3ccc(C)cc3)NC2=O)cc(I)c1OCc1ccc(F)cc1. The van der Waals surface area contributed by atoms with E-state index in [9.17, 15) is 9.18 Å². The molecule has 168 valence electrons. The molecule has 0 atom stereocenters. The quantitative estimate of drug-likeness (QED) is 0.281. The van der Waals surface area contributed by atoms with Gasteiger partial charge in [-0.05, 0) is 94.9 Å². The number of carbonyl (C=O) groups is 1. The van der Waals surface area contributed by atoms with E-state index in [1.54, 1.807) is 25.3 Å². The molecule has 0 saturated carbocycles. The number of aryl methyl sites for hydroxylation is 1. The fourth-order valence-corrected chi connectivity index (χ4v) is 4.69. The number of amidine groups is 1. The molecule has 3 aromatic rings. The van der Waals surface area contributed by atoms with E-state index in [0.717, 1.165) is 25.9 Å². The van der Waals surface area contributed by atoms with Gasteiger partial charge in [-0.2, -0.15) is 0 Å². The zero-order valence-electron chi connectivity index (χ0n) is 17.9. The van der Waals surface area contributed by atoms with E-state index in [0.29, 0.717) is 21.6 Å². The molecule has 0 bridgehead atoms. The molecule has 1 aliphatic heterocycles. The highest BCUT2D eigenvalue weighted by Gasteiger charge is 2.24. The van der Waals surface area contributed by atoms with Gasteiger partial charge in [0, 0.05) is 0 Å². The summed E-state index contributed by atoms with van der Waals surface area (Å²) in [4.78, 5) is 17.5. The topological polar surface area (TPSA) is 59.9 Å². The molecule has 8 heteroatoms. The van der Waals surface area contributed by atoms with Crippen molar-refractivity contribution in [2.45, 2.75) is 13.5 Å². The molecule has 1 saturated heterocycles. The van der Waals surface area contributed by atoms with Gasteiger partial charge in [0.15, 0.2) is 16.7 Å². The van der Waals surface area contributed by atoms with Gasteiger partial charge >= 0.3 is 0 Å². The van der Waals surface area contributed by atoms with Gasteiger partial charge in [0.05, 0.1) is 21.3 Å². The molecule has 0 unspecified atom stereocenters. The van der Waals surface area contributed by atoms with Crippen LogP contribution in [0.25, 0.3) is 6.08 Å². The molecule has 5 nitrogen and oxygen atoms in total. The number of ether oxygens (including phenoxy) is 2. The summed E-state index contributed by atoms with van der Waals surface area (Å²) >= 11 is 3.46. The van der Waals surface area contributed by atoms with E-state index in [2.05, 4.69) is 32.9 Å². The van der Waals surface area contributed by atoms with Gasteiger partial charge < -0.3 is 14.8 Å². The van der Waals surface area contributed by atoms with Crippen LogP contribution in [-0.4, -0.2) is 18.2 Å². The molecule has 1 fully saturated rings. The summed E-state index contributed by atoms with van der Waals surface area (Å²) in [5.74, 6) is 0.656. The summed E-state index contributed by atoms with van der Waals surface area (Å²) < 4.78 is 25.4. The summed E-state index contributed by atoms with van der Waals surface area (Å²) in [6.45, 7) is 2.29. The molecule has 0 spiro atoms. The minimum Gasteiger partial charge on any atom is -0.493 e. The van der Waals surface area contributed by atoms with Crippen molar-refractivity contribution in [1.29, 1.82) is 0 Å². The Morgan fingerprint density at radius 1 is 1.12 bits per heavy atom. The summed E-state index contributed by atoms with van der Waals surface area (Å²) in [6, 6.07) is 17.7. The fourth-order valence-electron chi connectivity index (χ4n) is 3.07. The Balaban J connectivity index is 1.52. The second kappa shape index (κ2) is 10.4. The third-order valence-corrected chi connectivity index (χ3v) is 6.47. The maximum absolute atomic E-state index is 13.1. The first-order valence-electron chi connectivity index (χ1n) is 10.0. The normalized spacial score (nSPS) is 15.7. The molecule has 33 heavy (non-hydrogen) atoms. The lowest BCUT2D eigenvalue weighted by molar-refractivity contribution is -0.115. The highest BCUT2D eigenvalue weighted by Crippen LogP contribution is 2.36. The van der Waals surface area contributed by atoms with Crippen molar-refractivity contribution in [2.24, 2.45) is 4.99 Å². The van der Waals surface area contributed by atoms with Crippen molar-refractivity contribution < 1.29 is 18.7 Å². The van der Waals surface area contributed by atoms with Crippen LogP contribution in [0.15, 0.2) is 70.6 Å². The van der Waals surface area contributed by atoms with Crippen LogP contribution in [0.5, 0.6) is 11.5 Å². The lowest BCUT2D eigenvalue weighted by Gasteiger charge is -2.14. The number of aliphatic imine (C=N–C) groups is 1. The van der Waals surface area contributed by atoms with Crippen LogP contribution < -0.4 is 14.8 Å². The third kappa shape index (κ3) is 5.94. The largest absolute Gasteiger partial charge is 0.493 e. The van der Waals surface area contributed by atoms with Crippen LogP contribution in [0.4, 0.5) is 10.1 Å². The summed E-state index contributed by atoms with van der Waals surface area (Å²) in [6.07, 6.45) is 1.80. The van der Waals surface area contributed by atoms with Crippen LogP contribution in [-0.2, 0) is 11.4 Å². The molecule has 0 aliphatic carbocycles. The molecule has 0 aromatic heterocycles. The minimum absolute atomic E-state index is 0.198. The molecule has 0 radical (unpaired) electrons. The molecule has 1 heterocycles. The van der Waals surface area contributed by atoms with Gasteiger partial charge in [-0.1, -0.05) is 29.8 Å². The van der Waals surface area contributed by atoms with Crippen molar-refractivity contribution in [3.8, 4) is 11.5 Å². The minimum atomic E-state index is -0.288. The maximum Gasteiger partial charge on any atom is 0.264 e. The predicted octanol–water partition coefficient (Wildman–Crippen LogP) is 6.22. The van der Waals surface area contributed by atoms with E-state index < -0.39 is 0 Å². The van der Waals surface area contributed by atoms with Gasteiger partial charge in [-0.3, -0.25) is 4.79 Å². The number of hydrogen-bond acceptors (Lipinski definition) is 5. The monoisotopic (exact) mass is 574 g/mol. The van der Waals surface area contributed by atoms with E-state index in [4.69, 9.17) is 9.47 Å². The van der Waals surface area contributed by atoms with Crippen LogP contribution in [0.2, 0.25) is 0 Å². The van der Waals surface area contributed by atoms with Crippen molar-refractivity contribution in [3.05, 3.63) is 91.6 Å². The standard InChI is InChI=1S/C25H20FIN2O3S/c1-15-3-9-19(10-4-15)28-25-29-24(30)22(33-25)13-17-11-20(27)23(21(12-17)31-2)32-14-16-5-7-18(26)8-6-16/h3-13H,14H2,1-2H3,(H,28,29,30)/b22-13+. The van der Waals surface area contributed by atoms with E-state index in [1.165, 1.54) is 23.9 Å². The summed E-state index contributed by atoms with van der Waals surface area (Å²) in [5, 5.41) is 3.34. The Morgan fingerprint density at radius 3 is 2.55 bits per heavy atom. The number of carbonyl (C=O) groups excluding carboxylic acids is 1. The molecule has 4 rings (SSSR count). The third-order valence-electron chi connectivity index (χ3n) is 4.76. The second-order valence-electron chi connectivity index (χ2n) is 7.27. The Morgan fingerprint density at radius 2 is 1.85 bits per heavy atom. The smallest absolute Gasteiger partial charge is 0.264 e. The highest BCUT2D eigenvalue weighted by molar-refractivity contribution is 14.1. The van der Waals surface area contributed by atoms with Crippen molar-refractivity contribution in [3.63, 3.8) is 0 Å². The van der Waals surface area contributed by atoms with Crippen LogP contribution >= 0.6 is 34.4 Å². The highest BCUT2D eigenvalue weighted by atomic mass is 127. The number of rotatable bonds is 6. The molecule has 1 aliphatic rings. The number of nitrogens with zero attached hydrogens (tertiary/aromatic N) is 1. The lowest BCUT2D eigenvalue weighted by Crippen LogP contribution is -2.19. The van der Waals surface area contributed by atoms with Crippen LogP contribution in [0.3, 0.4) is 0 Å². The first-order chi connectivity index (χ1) is 15.9. The zero-order valence-corrected chi connectivity index (χ0v) is 20.9. The number of hydrogen-bond donors (Lipinski definition) is 1. The molecule has 1 N–H and O–H groups in total. The number of benzene rings is 3. The first-order valence-corrected chi connectivity index (χ1v) is 11.9. The fraction of sp³-hybridized carbons (Fsp3) is 0.120. The average Bonchev–Trinajstić information content (AvgIpc) is 3.13. The predicted molar refractivity (Wildman–Crippen MR) is 138 cm³/mol. The van der Waals surface area contributed by atoms with Crippen molar-refractivity contribution in [2.75, 3.05) is 7.11 Å². The van der Waals surface area contributed by atoms with Gasteiger partial charge in [-0.15, -0.1) is 0 Å². The Labute approximate surface area is 209 Å². The van der Waals surface area contributed by atoms with Gasteiger partial charge in [0.2, 0.25) is 0 Å². The molecule has 3 aromatic carbocycles. The van der Waals surface area contributed by atoms with Crippen molar-refractivity contribution in [1.82, 2.24) is 5.32 Å². The lowest BCUT2D eigenvalue weighted by atomic mass is 10.2.